The molecule has 0 amide bonds. The van der Waals surface area contributed by atoms with Crippen molar-refractivity contribution in [3.05, 3.63) is 0 Å². The van der Waals surface area contributed by atoms with Gasteiger partial charge in [0.25, 0.3) is 0 Å². The lowest BCUT2D eigenvalue weighted by atomic mass is 10.0. The molecule has 0 radical (unpaired) electrons. The Balaban J connectivity index is 2.38. The van der Waals surface area contributed by atoms with Gasteiger partial charge in [0.1, 0.15) is 0 Å². The average Bonchev–Trinajstić information content (AvgIpc) is 1.93. The molecule has 0 heterocycles. The predicted octanol–water partition coefficient (Wildman–Crippen LogP) is 2.16. The largest absolute Gasteiger partial charge is 0.328 e. The van der Waals surface area contributed by atoms with E-state index in [4.69, 9.17) is 5.73 Å². The normalized spacial score (nSPS) is 42.9. The molecular weight excluding hydrogens is 122 g/mol. The van der Waals surface area contributed by atoms with Gasteiger partial charge < -0.3 is 5.73 Å². The maximum Gasteiger partial charge on any atom is 0.00439 e. The number of nitrogens with two attached hydrogens (primary N) is 1. The van der Waals surface area contributed by atoms with Gasteiger partial charge >= 0.3 is 0 Å². The van der Waals surface area contributed by atoms with E-state index in [-0.39, 0.29) is 0 Å². The van der Waals surface area contributed by atoms with E-state index >= 15 is 0 Å². The fourth-order valence-corrected chi connectivity index (χ4v) is 1.93. The van der Waals surface area contributed by atoms with Crippen molar-refractivity contribution in [2.45, 2.75) is 45.6 Å². The number of hydrogen-bond donors (Lipinski definition) is 1. The Morgan fingerprint density at radius 2 is 1.40 bits per heavy atom. The Morgan fingerprint density at radius 1 is 1.00 bits per heavy atom. The minimum absolute atomic E-state index is 0.479. The molecule has 3 atom stereocenters. The molecule has 2 N–H and O–H groups in total. The van der Waals surface area contributed by atoms with Gasteiger partial charge in [0.05, 0.1) is 0 Å². The quantitative estimate of drug-likeness (QED) is 0.514. The Labute approximate surface area is 64.0 Å². The topological polar surface area (TPSA) is 26.0 Å². The maximum atomic E-state index is 5.92. The van der Waals surface area contributed by atoms with Crippen LogP contribution in [0.2, 0.25) is 0 Å². The number of hydrogen-bond acceptors (Lipinski definition) is 1. The third-order valence-corrected chi connectivity index (χ3v) is 2.56. The summed E-state index contributed by atoms with van der Waals surface area (Å²) >= 11 is 0. The molecule has 0 aromatic carbocycles. The van der Waals surface area contributed by atoms with E-state index in [2.05, 4.69) is 13.8 Å². The molecule has 0 aromatic heterocycles. The Kier molecular flexibility index (Phi) is 2.72. The zero-order chi connectivity index (χ0) is 7.56. The molecule has 1 aliphatic carbocycles. The molecular formula is C9H19N. The fraction of sp³-hybridized carbons (Fsp3) is 1.00. The smallest absolute Gasteiger partial charge is 0.00439 e. The first-order valence-electron chi connectivity index (χ1n) is 4.44. The van der Waals surface area contributed by atoms with E-state index in [0.29, 0.717) is 6.04 Å². The summed E-state index contributed by atoms with van der Waals surface area (Å²) in [5, 5.41) is 0. The van der Waals surface area contributed by atoms with Gasteiger partial charge in [-0.3, -0.25) is 0 Å². The third kappa shape index (κ3) is 2.30. The van der Waals surface area contributed by atoms with Crippen molar-refractivity contribution >= 4 is 0 Å². The minimum atomic E-state index is 0.479. The summed E-state index contributed by atoms with van der Waals surface area (Å²) in [5.41, 5.74) is 5.92. The van der Waals surface area contributed by atoms with Gasteiger partial charge in [-0.1, -0.05) is 26.7 Å². The molecule has 0 aliphatic heterocycles. The maximum absolute atomic E-state index is 5.92. The molecule has 1 unspecified atom stereocenters. The highest BCUT2D eigenvalue weighted by Crippen LogP contribution is 2.25. The predicted molar refractivity (Wildman–Crippen MR) is 44.8 cm³/mol. The molecule has 60 valence electrons. The Morgan fingerprint density at radius 3 is 1.80 bits per heavy atom. The summed E-state index contributed by atoms with van der Waals surface area (Å²) in [4.78, 5) is 0. The van der Waals surface area contributed by atoms with Gasteiger partial charge in [-0.2, -0.15) is 0 Å². The first kappa shape index (κ1) is 8.06. The van der Waals surface area contributed by atoms with Gasteiger partial charge in [0, 0.05) is 6.04 Å². The van der Waals surface area contributed by atoms with Crippen LogP contribution in [0.4, 0.5) is 0 Å². The first-order chi connectivity index (χ1) is 4.68. The lowest BCUT2D eigenvalue weighted by Gasteiger charge is -2.11. The van der Waals surface area contributed by atoms with Crippen LogP contribution in [-0.4, -0.2) is 6.04 Å². The molecule has 1 fully saturated rings. The zero-order valence-corrected chi connectivity index (χ0v) is 7.14. The molecule has 1 aliphatic rings. The van der Waals surface area contributed by atoms with Gasteiger partial charge in [-0.25, -0.2) is 0 Å². The fourth-order valence-electron chi connectivity index (χ4n) is 1.93. The van der Waals surface area contributed by atoms with Gasteiger partial charge in [0.2, 0.25) is 0 Å². The van der Waals surface area contributed by atoms with E-state index in [1.54, 1.807) is 0 Å². The summed E-state index contributed by atoms with van der Waals surface area (Å²) in [6.45, 7) is 4.63. The molecule has 0 aromatic rings. The van der Waals surface area contributed by atoms with E-state index in [1.165, 1.54) is 25.7 Å². The SMILES string of the molecule is C[C@@H]1CC[C@H](C)CC(N)C1. The zero-order valence-electron chi connectivity index (χ0n) is 7.14. The van der Waals surface area contributed by atoms with Crippen molar-refractivity contribution in [3.63, 3.8) is 0 Å². The van der Waals surface area contributed by atoms with E-state index in [1.807, 2.05) is 0 Å². The second kappa shape index (κ2) is 3.38. The van der Waals surface area contributed by atoms with Crippen molar-refractivity contribution in [1.82, 2.24) is 0 Å². The summed E-state index contributed by atoms with van der Waals surface area (Å²) in [6, 6.07) is 0.479. The van der Waals surface area contributed by atoms with Crippen LogP contribution >= 0.6 is 0 Å². The van der Waals surface area contributed by atoms with Crippen LogP contribution in [0.1, 0.15) is 39.5 Å². The molecule has 0 bridgehead atoms. The molecule has 1 nitrogen and oxygen atoms in total. The highest BCUT2D eigenvalue weighted by atomic mass is 14.6. The average molecular weight is 141 g/mol. The van der Waals surface area contributed by atoms with Crippen molar-refractivity contribution in [2.24, 2.45) is 17.6 Å². The van der Waals surface area contributed by atoms with Crippen LogP contribution in [0.25, 0.3) is 0 Å². The van der Waals surface area contributed by atoms with Crippen LogP contribution in [0.15, 0.2) is 0 Å². The first-order valence-corrected chi connectivity index (χ1v) is 4.44. The monoisotopic (exact) mass is 141 g/mol. The summed E-state index contributed by atoms with van der Waals surface area (Å²) in [5.74, 6) is 1.72. The molecule has 0 spiro atoms. The van der Waals surface area contributed by atoms with Crippen molar-refractivity contribution in [2.75, 3.05) is 0 Å². The van der Waals surface area contributed by atoms with Crippen LogP contribution in [-0.2, 0) is 0 Å². The molecule has 1 rings (SSSR count). The van der Waals surface area contributed by atoms with Crippen LogP contribution in [0, 0.1) is 11.8 Å². The third-order valence-electron chi connectivity index (χ3n) is 2.56. The van der Waals surface area contributed by atoms with Gasteiger partial charge in [-0.15, -0.1) is 0 Å². The second-order valence-corrected chi connectivity index (χ2v) is 4.02. The minimum Gasteiger partial charge on any atom is -0.328 e. The lowest BCUT2D eigenvalue weighted by molar-refractivity contribution is 0.465. The van der Waals surface area contributed by atoms with Crippen LogP contribution < -0.4 is 5.73 Å². The molecule has 1 heteroatoms. The van der Waals surface area contributed by atoms with Crippen molar-refractivity contribution in [1.29, 1.82) is 0 Å². The molecule has 10 heavy (non-hydrogen) atoms. The van der Waals surface area contributed by atoms with E-state index in [0.717, 1.165) is 11.8 Å². The van der Waals surface area contributed by atoms with Gasteiger partial charge in [0.15, 0.2) is 0 Å². The summed E-state index contributed by atoms with van der Waals surface area (Å²) in [7, 11) is 0. The highest BCUT2D eigenvalue weighted by molar-refractivity contribution is 4.73. The van der Waals surface area contributed by atoms with Crippen LogP contribution in [0.3, 0.4) is 0 Å². The van der Waals surface area contributed by atoms with Gasteiger partial charge in [-0.05, 0) is 24.7 Å². The van der Waals surface area contributed by atoms with E-state index < -0.39 is 0 Å². The summed E-state index contributed by atoms with van der Waals surface area (Å²) in [6.07, 6.45) is 5.25. The van der Waals surface area contributed by atoms with Crippen molar-refractivity contribution < 1.29 is 0 Å². The highest BCUT2D eigenvalue weighted by Gasteiger charge is 2.17. The second-order valence-electron chi connectivity index (χ2n) is 4.02. The standard InChI is InChI=1S/C9H19N/c1-7-3-4-8(2)6-9(10)5-7/h7-9H,3-6,10H2,1-2H3/t7-,8+,9?. The van der Waals surface area contributed by atoms with Crippen LogP contribution in [0.5, 0.6) is 0 Å². The Bertz CT molecular complexity index is 88.9. The number of rotatable bonds is 0. The molecule has 0 saturated heterocycles. The lowest BCUT2D eigenvalue weighted by Crippen LogP contribution is -2.22. The summed E-state index contributed by atoms with van der Waals surface area (Å²) < 4.78 is 0. The van der Waals surface area contributed by atoms with Crippen molar-refractivity contribution in [3.8, 4) is 0 Å². The Hall–Kier alpha value is -0.0400. The van der Waals surface area contributed by atoms with E-state index in [9.17, 15) is 0 Å². The molecule has 1 saturated carbocycles.